The van der Waals surface area contributed by atoms with Gasteiger partial charge in [-0.15, -0.1) is 12.4 Å². The molecule has 0 unspecified atom stereocenters. The third kappa shape index (κ3) is 4.42. The van der Waals surface area contributed by atoms with Crippen molar-refractivity contribution in [1.29, 1.82) is 0 Å². The van der Waals surface area contributed by atoms with Gasteiger partial charge in [0, 0.05) is 0 Å². The number of carbonyl (C=O) groups excluding carboxylic acids is 1. The van der Waals surface area contributed by atoms with Crippen molar-refractivity contribution in [1.82, 2.24) is 0 Å². The molecular weight excluding hydrogens is 233 g/mol. The number of hydrogen-bond acceptors (Lipinski definition) is 3. The van der Waals surface area contributed by atoms with Gasteiger partial charge in [0.2, 0.25) is 0 Å². The summed E-state index contributed by atoms with van der Waals surface area (Å²) in [6.45, 7) is 0. The van der Waals surface area contributed by atoms with E-state index in [0.29, 0.717) is 0 Å². The fourth-order valence-electron chi connectivity index (χ4n) is 1.00. The predicted molar refractivity (Wildman–Crippen MR) is 62.7 cm³/mol. The van der Waals surface area contributed by atoms with Crippen molar-refractivity contribution < 1.29 is 13.9 Å². The average molecular weight is 246 g/mol. The summed E-state index contributed by atoms with van der Waals surface area (Å²) < 4.78 is 17.0. The number of benzene rings is 1. The predicted octanol–water partition coefficient (Wildman–Crippen LogP) is 1.76. The molecule has 0 fully saturated rings. The van der Waals surface area contributed by atoms with Gasteiger partial charge in [-0.1, -0.05) is 24.3 Å². The zero-order valence-electron chi connectivity index (χ0n) is 8.72. The van der Waals surface area contributed by atoms with Gasteiger partial charge in [0.15, 0.2) is 0 Å². The standard InChI is InChI=1S/C11H12FNO2.ClH/c1-15-11(14)10(13)7-4-8-2-5-9(12)6-3-8;/h2-7,10H,13H2,1H3;1H/t10-;/m0./s1. The molecular formula is C11H13ClFNO2. The maximum absolute atomic E-state index is 12.5. The third-order valence-electron chi connectivity index (χ3n) is 1.84. The molecule has 1 aromatic rings. The van der Waals surface area contributed by atoms with Crippen molar-refractivity contribution in [3.05, 3.63) is 41.7 Å². The highest BCUT2D eigenvalue weighted by Crippen LogP contribution is 2.05. The van der Waals surface area contributed by atoms with E-state index >= 15 is 0 Å². The molecule has 0 bridgehead atoms. The first-order valence-corrected chi connectivity index (χ1v) is 4.40. The third-order valence-corrected chi connectivity index (χ3v) is 1.84. The summed E-state index contributed by atoms with van der Waals surface area (Å²) in [5, 5.41) is 0. The van der Waals surface area contributed by atoms with Gasteiger partial charge < -0.3 is 10.5 Å². The number of nitrogens with two attached hydrogens (primary N) is 1. The van der Waals surface area contributed by atoms with Crippen LogP contribution in [0.3, 0.4) is 0 Å². The Hall–Kier alpha value is -1.39. The number of methoxy groups -OCH3 is 1. The lowest BCUT2D eigenvalue weighted by Crippen LogP contribution is -2.28. The molecule has 0 saturated heterocycles. The molecule has 1 aromatic carbocycles. The smallest absolute Gasteiger partial charge is 0.326 e. The fourth-order valence-corrected chi connectivity index (χ4v) is 1.00. The molecule has 16 heavy (non-hydrogen) atoms. The van der Waals surface area contributed by atoms with Crippen molar-refractivity contribution in [2.75, 3.05) is 7.11 Å². The lowest BCUT2D eigenvalue weighted by molar-refractivity contribution is -0.140. The van der Waals surface area contributed by atoms with Crippen LogP contribution >= 0.6 is 12.4 Å². The molecule has 0 aromatic heterocycles. The van der Waals surface area contributed by atoms with Gasteiger partial charge in [-0.3, -0.25) is 4.79 Å². The van der Waals surface area contributed by atoms with Gasteiger partial charge >= 0.3 is 5.97 Å². The first kappa shape index (κ1) is 14.6. The van der Waals surface area contributed by atoms with E-state index in [0.717, 1.165) is 5.56 Å². The highest BCUT2D eigenvalue weighted by molar-refractivity contribution is 5.85. The molecule has 0 aliphatic rings. The van der Waals surface area contributed by atoms with Crippen molar-refractivity contribution in [3.8, 4) is 0 Å². The van der Waals surface area contributed by atoms with Crippen molar-refractivity contribution in [2.24, 2.45) is 5.73 Å². The summed E-state index contributed by atoms with van der Waals surface area (Å²) in [4.78, 5) is 10.9. The van der Waals surface area contributed by atoms with Crippen molar-refractivity contribution >= 4 is 24.5 Å². The molecule has 0 saturated carbocycles. The molecule has 1 rings (SSSR count). The van der Waals surface area contributed by atoms with Crippen LogP contribution in [0.2, 0.25) is 0 Å². The number of hydrogen-bond donors (Lipinski definition) is 1. The lowest BCUT2D eigenvalue weighted by Gasteiger charge is -2.02. The number of rotatable bonds is 3. The van der Waals surface area contributed by atoms with E-state index in [2.05, 4.69) is 4.74 Å². The van der Waals surface area contributed by atoms with Crippen LogP contribution in [0.4, 0.5) is 4.39 Å². The number of ether oxygens (including phenoxy) is 1. The Morgan fingerprint density at radius 2 is 2.00 bits per heavy atom. The quantitative estimate of drug-likeness (QED) is 0.826. The topological polar surface area (TPSA) is 52.3 Å². The van der Waals surface area contributed by atoms with E-state index in [1.165, 1.54) is 25.3 Å². The summed E-state index contributed by atoms with van der Waals surface area (Å²) in [5.41, 5.74) is 6.24. The monoisotopic (exact) mass is 245 g/mol. The second kappa shape index (κ2) is 6.98. The van der Waals surface area contributed by atoms with Crippen LogP contribution in [0.15, 0.2) is 30.3 Å². The molecule has 2 N–H and O–H groups in total. The van der Waals surface area contributed by atoms with E-state index in [9.17, 15) is 9.18 Å². The summed E-state index contributed by atoms with van der Waals surface area (Å²) in [7, 11) is 1.27. The Bertz CT molecular complexity index is 365. The Morgan fingerprint density at radius 3 is 2.50 bits per heavy atom. The van der Waals surface area contributed by atoms with E-state index < -0.39 is 12.0 Å². The van der Waals surface area contributed by atoms with Crippen LogP contribution in [0.5, 0.6) is 0 Å². The SMILES string of the molecule is COC(=O)[C@@H](N)C=Cc1ccc(F)cc1.Cl. The molecule has 88 valence electrons. The van der Waals surface area contributed by atoms with Crippen LogP contribution in [0.25, 0.3) is 6.08 Å². The minimum Gasteiger partial charge on any atom is -0.468 e. The number of halogens is 2. The fraction of sp³-hybridized carbons (Fsp3) is 0.182. The molecule has 1 atom stereocenters. The van der Waals surface area contributed by atoms with E-state index in [1.807, 2.05) is 0 Å². The van der Waals surface area contributed by atoms with Crippen LogP contribution in [-0.2, 0) is 9.53 Å². The number of carbonyl (C=O) groups is 1. The molecule has 5 heteroatoms. The largest absolute Gasteiger partial charge is 0.468 e. The van der Waals surface area contributed by atoms with Gasteiger partial charge in [-0.2, -0.15) is 0 Å². The molecule has 0 radical (unpaired) electrons. The maximum atomic E-state index is 12.5. The molecule has 0 amide bonds. The summed E-state index contributed by atoms with van der Waals surface area (Å²) in [6.07, 6.45) is 3.14. The number of esters is 1. The van der Waals surface area contributed by atoms with Gasteiger partial charge in [-0.05, 0) is 17.7 Å². The van der Waals surface area contributed by atoms with E-state index in [-0.39, 0.29) is 18.2 Å². The van der Waals surface area contributed by atoms with Gasteiger partial charge in [0.1, 0.15) is 11.9 Å². The Balaban J connectivity index is 0.00000225. The zero-order valence-corrected chi connectivity index (χ0v) is 9.54. The highest BCUT2D eigenvalue weighted by Gasteiger charge is 2.08. The molecule has 0 aliphatic heterocycles. The summed E-state index contributed by atoms with van der Waals surface area (Å²) in [6, 6.07) is 5.07. The Kier molecular flexibility index (Phi) is 6.37. The lowest BCUT2D eigenvalue weighted by atomic mass is 10.2. The zero-order chi connectivity index (χ0) is 11.3. The minimum absolute atomic E-state index is 0. The highest BCUT2D eigenvalue weighted by atomic mass is 35.5. The van der Waals surface area contributed by atoms with E-state index in [4.69, 9.17) is 5.73 Å². The normalized spacial score (nSPS) is 11.9. The second-order valence-electron chi connectivity index (χ2n) is 2.96. The molecule has 0 spiro atoms. The van der Waals surface area contributed by atoms with Gasteiger partial charge in [-0.25, -0.2) is 4.39 Å². The van der Waals surface area contributed by atoms with Crippen LogP contribution < -0.4 is 5.73 Å². The van der Waals surface area contributed by atoms with E-state index in [1.54, 1.807) is 18.2 Å². The summed E-state index contributed by atoms with van der Waals surface area (Å²) >= 11 is 0. The van der Waals surface area contributed by atoms with Gasteiger partial charge in [0.05, 0.1) is 7.11 Å². The van der Waals surface area contributed by atoms with Crippen molar-refractivity contribution in [2.45, 2.75) is 6.04 Å². The molecule has 3 nitrogen and oxygen atoms in total. The Morgan fingerprint density at radius 1 is 1.44 bits per heavy atom. The first-order valence-electron chi connectivity index (χ1n) is 4.40. The average Bonchev–Trinajstić information content (AvgIpc) is 2.26. The van der Waals surface area contributed by atoms with Gasteiger partial charge in [0.25, 0.3) is 0 Å². The summed E-state index contributed by atoms with van der Waals surface area (Å²) in [5.74, 6) is -0.808. The maximum Gasteiger partial charge on any atom is 0.326 e. The van der Waals surface area contributed by atoms with Crippen molar-refractivity contribution in [3.63, 3.8) is 0 Å². The van der Waals surface area contributed by atoms with Crippen LogP contribution in [-0.4, -0.2) is 19.1 Å². The van der Waals surface area contributed by atoms with Crippen LogP contribution in [0.1, 0.15) is 5.56 Å². The Labute approximate surface area is 99.5 Å². The van der Waals surface area contributed by atoms with Crippen LogP contribution in [0, 0.1) is 5.82 Å². The minimum atomic E-state index is -0.792. The molecule has 0 heterocycles. The first-order chi connectivity index (χ1) is 7.13. The molecule has 0 aliphatic carbocycles. The second-order valence-corrected chi connectivity index (χ2v) is 2.96.